The van der Waals surface area contributed by atoms with Gasteiger partial charge in [-0.05, 0) is 38.8 Å². The first-order valence-electron chi connectivity index (χ1n) is 11.4. The number of halogens is 1. The van der Waals surface area contributed by atoms with E-state index in [1.807, 2.05) is 38.1 Å². The van der Waals surface area contributed by atoms with Crippen LogP contribution < -0.4 is 0 Å². The molecule has 0 saturated heterocycles. The maximum Gasteiger partial charge on any atom is 0.409 e. The summed E-state index contributed by atoms with van der Waals surface area (Å²) in [6.07, 6.45) is 2.65. The van der Waals surface area contributed by atoms with Crippen molar-refractivity contribution in [2.75, 3.05) is 19.7 Å². The lowest BCUT2D eigenvalue weighted by atomic mass is 10.0. The lowest BCUT2D eigenvalue weighted by Gasteiger charge is -2.17. The molecule has 0 radical (unpaired) electrons. The maximum atomic E-state index is 12.2. The van der Waals surface area contributed by atoms with Gasteiger partial charge in [-0.15, -0.1) is 21.5 Å². The standard InChI is InChI=1S/C24H26ClN5O2S/c1-3-29(4-2)24(31)32-12-11-16-13-18-21(17-7-5-6-8-19(17)25)26-14-20-27-28-22(15-9-10-15)30(20)23(18)33-16/h5-8,13,15H,3-4,9-12,14H2,1-2H3. The average molecular weight is 484 g/mol. The van der Waals surface area contributed by atoms with Crippen LogP contribution in [-0.4, -0.2) is 51.2 Å². The van der Waals surface area contributed by atoms with Crippen molar-refractivity contribution in [3.8, 4) is 5.00 Å². The third kappa shape index (κ3) is 4.29. The third-order valence-corrected chi connectivity index (χ3v) is 7.53. The fourth-order valence-electron chi connectivity index (χ4n) is 4.08. The van der Waals surface area contributed by atoms with Crippen LogP contribution in [0.4, 0.5) is 4.79 Å². The van der Waals surface area contributed by atoms with E-state index in [-0.39, 0.29) is 6.09 Å². The van der Waals surface area contributed by atoms with Gasteiger partial charge >= 0.3 is 6.09 Å². The van der Waals surface area contributed by atoms with Gasteiger partial charge in [0.25, 0.3) is 0 Å². The first-order valence-corrected chi connectivity index (χ1v) is 12.6. The van der Waals surface area contributed by atoms with E-state index in [0.29, 0.717) is 43.6 Å². The highest BCUT2D eigenvalue weighted by Gasteiger charge is 2.34. The molecule has 0 atom stereocenters. The van der Waals surface area contributed by atoms with Gasteiger partial charge in [0.05, 0.1) is 12.3 Å². The second kappa shape index (κ2) is 9.27. The zero-order chi connectivity index (χ0) is 22.9. The molecule has 0 bridgehead atoms. The Morgan fingerprint density at radius 2 is 2.00 bits per heavy atom. The summed E-state index contributed by atoms with van der Waals surface area (Å²) in [5.41, 5.74) is 2.80. The lowest BCUT2D eigenvalue weighted by molar-refractivity contribution is 0.107. The number of benzene rings is 1. The Kier molecular flexibility index (Phi) is 6.21. The highest BCUT2D eigenvalue weighted by molar-refractivity contribution is 7.15. The Labute approximate surface area is 202 Å². The van der Waals surface area contributed by atoms with Crippen molar-refractivity contribution in [1.29, 1.82) is 0 Å². The molecule has 5 rings (SSSR count). The van der Waals surface area contributed by atoms with Gasteiger partial charge in [-0.2, -0.15) is 0 Å². The molecule has 7 nitrogen and oxygen atoms in total. The van der Waals surface area contributed by atoms with Gasteiger partial charge in [0.15, 0.2) is 5.82 Å². The highest BCUT2D eigenvalue weighted by Crippen LogP contribution is 2.43. The number of fused-ring (bicyclic) bond motifs is 3. The maximum absolute atomic E-state index is 12.2. The van der Waals surface area contributed by atoms with Crippen LogP contribution in [-0.2, 0) is 17.7 Å². The first kappa shape index (κ1) is 22.1. The number of aliphatic imine (C=N–C) groups is 1. The summed E-state index contributed by atoms with van der Waals surface area (Å²) >= 11 is 8.25. The van der Waals surface area contributed by atoms with E-state index in [4.69, 9.17) is 21.3 Å². The van der Waals surface area contributed by atoms with Crippen LogP contribution >= 0.6 is 22.9 Å². The minimum absolute atomic E-state index is 0.270. The number of ether oxygens (including phenoxy) is 1. The Balaban J connectivity index is 1.49. The molecular formula is C24H26ClN5O2S. The Bertz CT molecular complexity index is 1210. The van der Waals surface area contributed by atoms with Crippen LogP contribution in [0.15, 0.2) is 35.3 Å². The number of carbonyl (C=O) groups is 1. The summed E-state index contributed by atoms with van der Waals surface area (Å²) in [4.78, 5) is 19.9. The zero-order valence-corrected chi connectivity index (χ0v) is 20.3. The Hall–Kier alpha value is -2.71. The molecule has 3 heterocycles. The predicted molar refractivity (Wildman–Crippen MR) is 130 cm³/mol. The molecule has 2 aliphatic rings. The fraction of sp³-hybridized carbons (Fsp3) is 0.417. The van der Waals surface area contributed by atoms with Crippen LogP contribution in [0.3, 0.4) is 0 Å². The van der Waals surface area contributed by atoms with Crippen LogP contribution in [0.5, 0.6) is 0 Å². The number of carbonyl (C=O) groups excluding carboxylic acids is 1. The Morgan fingerprint density at radius 3 is 2.73 bits per heavy atom. The van der Waals surface area contributed by atoms with Crippen molar-refractivity contribution in [1.82, 2.24) is 19.7 Å². The highest BCUT2D eigenvalue weighted by atomic mass is 35.5. The normalized spacial score (nSPS) is 14.8. The summed E-state index contributed by atoms with van der Waals surface area (Å²) in [5, 5.41) is 10.7. The number of rotatable bonds is 7. The molecule has 172 valence electrons. The van der Waals surface area contributed by atoms with Crippen molar-refractivity contribution in [2.45, 2.75) is 45.6 Å². The fourth-order valence-corrected chi connectivity index (χ4v) is 5.47. The van der Waals surface area contributed by atoms with E-state index in [0.717, 1.165) is 51.2 Å². The quantitative estimate of drug-likeness (QED) is 0.461. The van der Waals surface area contributed by atoms with Crippen molar-refractivity contribution in [3.05, 3.63) is 63.0 Å². The summed E-state index contributed by atoms with van der Waals surface area (Å²) in [5.74, 6) is 2.33. The van der Waals surface area contributed by atoms with E-state index in [2.05, 4.69) is 20.8 Å². The van der Waals surface area contributed by atoms with Crippen LogP contribution in [0.2, 0.25) is 5.02 Å². The largest absolute Gasteiger partial charge is 0.449 e. The van der Waals surface area contributed by atoms with Crippen molar-refractivity contribution in [3.63, 3.8) is 0 Å². The number of thiophene rings is 1. The molecule has 9 heteroatoms. The molecule has 1 aliphatic heterocycles. The number of aromatic nitrogens is 3. The molecule has 1 aliphatic carbocycles. The zero-order valence-electron chi connectivity index (χ0n) is 18.8. The van der Waals surface area contributed by atoms with Crippen LogP contribution in [0.25, 0.3) is 5.00 Å². The second-order valence-corrected chi connectivity index (χ2v) is 9.72. The summed E-state index contributed by atoms with van der Waals surface area (Å²) < 4.78 is 7.71. The minimum Gasteiger partial charge on any atom is -0.449 e. The van der Waals surface area contributed by atoms with Crippen molar-refractivity contribution >= 4 is 34.7 Å². The molecule has 0 N–H and O–H groups in total. The van der Waals surface area contributed by atoms with Gasteiger partial charge in [-0.25, -0.2) is 4.79 Å². The number of hydrogen-bond donors (Lipinski definition) is 0. The lowest BCUT2D eigenvalue weighted by Crippen LogP contribution is -2.31. The van der Waals surface area contributed by atoms with E-state index < -0.39 is 0 Å². The number of amides is 1. The summed E-state index contributed by atoms with van der Waals surface area (Å²) in [6, 6.07) is 9.94. The smallest absolute Gasteiger partial charge is 0.409 e. The van der Waals surface area contributed by atoms with Crippen LogP contribution in [0, 0.1) is 0 Å². The second-order valence-electron chi connectivity index (χ2n) is 8.20. The molecule has 1 amide bonds. The Morgan fingerprint density at radius 1 is 1.21 bits per heavy atom. The van der Waals surface area contributed by atoms with E-state index in [1.54, 1.807) is 16.2 Å². The molecular weight excluding hydrogens is 458 g/mol. The third-order valence-electron chi connectivity index (χ3n) is 6.02. The molecule has 33 heavy (non-hydrogen) atoms. The van der Waals surface area contributed by atoms with Gasteiger partial charge in [-0.1, -0.05) is 29.8 Å². The topological polar surface area (TPSA) is 72.6 Å². The molecule has 0 spiro atoms. The summed E-state index contributed by atoms with van der Waals surface area (Å²) in [7, 11) is 0. The average Bonchev–Trinajstić information content (AvgIpc) is 3.48. The molecule has 3 aromatic rings. The first-order chi connectivity index (χ1) is 16.1. The molecule has 1 fully saturated rings. The number of nitrogens with zero attached hydrogens (tertiary/aromatic N) is 5. The molecule has 1 saturated carbocycles. The van der Waals surface area contributed by atoms with E-state index >= 15 is 0 Å². The van der Waals surface area contributed by atoms with Crippen LogP contribution in [0.1, 0.15) is 60.3 Å². The SMILES string of the molecule is CCN(CC)C(=O)OCCc1cc2c(s1)-n1c(nnc1C1CC1)CN=C2c1ccccc1Cl. The van der Waals surface area contributed by atoms with Gasteiger partial charge in [0.2, 0.25) is 0 Å². The van der Waals surface area contributed by atoms with Gasteiger partial charge in [0, 0.05) is 46.5 Å². The molecule has 0 unspecified atom stereocenters. The van der Waals surface area contributed by atoms with E-state index in [1.165, 1.54) is 0 Å². The molecule has 2 aromatic heterocycles. The van der Waals surface area contributed by atoms with Gasteiger partial charge in [0.1, 0.15) is 17.4 Å². The minimum atomic E-state index is -0.270. The molecule has 1 aromatic carbocycles. The summed E-state index contributed by atoms with van der Waals surface area (Å²) in [6.45, 7) is 5.97. The van der Waals surface area contributed by atoms with E-state index in [9.17, 15) is 4.79 Å². The van der Waals surface area contributed by atoms with Crippen molar-refractivity contribution in [2.24, 2.45) is 4.99 Å². The number of hydrogen-bond acceptors (Lipinski definition) is 6. The van der Waals surface area contributed by atoms with Gasteiger partial charge < -0.3 is 9.64 Å². The predicted octanol–water partition coefficient (Wildman–Crippen LogP) is 5.23. The van der Waals surface area contributed by atoms with Crippen molar-refractivity contribution < 1.29 is 9.53 Å². The monoisotopic (exact) mass is 483 g/mol. The van der Waals surface area contributed by atoms with Gasteiger partial charge in [-0.3, -0.25) is 9.56 Å².